The van der Waals surface area contributed by atoms with Crippen molar-refractivity contribution < 1.29 is 14.6 Å². The van der Waals surface area contributed by atoms with Gasteiger partial charge in [-0.3, -0.25) is 4.79 Å². The van der Waals surface area contributed by atoms with Crippen molar-refractivity contribution in [3.8, 4) is 0 Å². The molecule has 0 amide bonds. The molecule has 13 heavy (non-hydrogen) atoms. The molecule has 0 aliphatic heterocycles. The van der Waals surface area contributed by atoms with Crippen molar-refractivity contribution in [2.24, 2.45) is 5.92 Å². The van der Waals surface area contributed by atoms with Crippen LogP contribution in [0.15, 0.2) is 0 Å². The van der Waals surface area contributed by atoms with E-state index in [4.69, 9.17) is 9.84 Å². The van der Waals surface area contributed by atoms with E-state index in [9.17, 15) is 4.79 Å². The molecular weight excluding hydrogens is 168 g/mol. The van der Waals surface area contributed by atoms with Crippen molar-refractivity contribution in [2.45, 2.75) is 46.1 Å². The largest absolute Gasteiger partial charge is 0.481 e. The SMILES string of the molecule is CCC(CC(=O)O)OCCC(C)C. The molecule has 0 aromatic rings. The summed E-state index contributed by atoms with van der Waals surface area (Å²) in [4.78, 5) is 10.4. The van der Waals surface area contributed by atoms with Crippen LogP contribution in [0.5, 0.6) is 0 Å². The first-order valence-corrected chi connectivity index (χ1v) is 4.89. The predicted octanol–water partition coefficient (Wildman–Crippen LogP) is 2.30. The van der Waals surface area contributed by atoms with Gasteiger partial charge in [0.2, 0.25) is 0 Å². The molecule has 1 atom stereocenters. The number of rotatable bonds is 7. The molecule has 0 heterocycles. The first-order valence-electron chi connectivity index (χ1n) is 4.89. The monoisotopic (exact) mass is 188 g/mol. The lowest BCUT2D eigenvalue weighted by Gasteiger charge is -2.14. The van der Waals surface area contributed by atoms with Gasteiger partial charge < -0.3 is 9.84 Å². The fourth-order valence-corrected chi connectivity index (χ4v) is 0.986. The zero-order valence-electron chi connectivity index (χ0n) is 8.75. The maximum absolute atomic E-state index is 10.4. The first-order chi connectivity index (χ1) is 6.06. The van der Waals surface area contributed by atoms with Gasteiger partial charge in [0.15, 0.2) is 0 Å². The molecule has 0 rings (SSSR count). The summed E-state index contributed by atoms with van der Waals surface area (Å²) in [5, 5.41) is 8.54. The van der Waals surface area contributed by atoms with Gasteiger partial charge in [-0.05, 0) is 18.8 Å². The molecule has 0 bridgehead atoms. The number of aliphatic carboxylic acids is 1. The minimum Gasteiger partial charge on any atom is -0.481 e. The lowest BCUT2D eigenvalue weighted by molar-refractivity contribution is -0.140. The third-order valence-corrected chi connectivity index (χ3v) is 1.91. The van der Waals surface area contributed by atoms with Crippen LogP contribution in [0.4, 0.5) is 0 Å². The highest BCUT2D eigenvalue weighted by Crippen LogP contribution is 2.06. The number of carboxylic acids is 1. The molecule has 0 aromatic heterocycles. The minimum atomic E-state index is -0.781. The summed E-state index contributed by atoms with van der Waals surface area (Å²) in [6, 6.07) is 0. The lowest BCUT2D eigenvalue weighted by atomic mass is 10.1. The number of hydrogen-bond donors (Lipinski definition) is 1. The van der Waals surface area contributed by atoms with Gasteiger partial charge in [0, 0.05) is 6.61 Å². The maximum atomic E-state index is 10.4. The summed E-state index contributed by atoms with van der Waals surface area (Å²) in [6.07, 6.45) is 1.77. The van der Waals surface area contributed by atoms with Gasteiger partial charge in [-0.15, -0.1) is 0 Å². The quantitative estimate of drug-likeness (QED) is 0.666. The van der Waals surface area contributed by atoms with E-state index in [1.807, 2.05) is 6.92 Å². The smallest absolute Gasteiger partial charge is 0.305 e. The molecule has 0 aliphatic carbocycles. The number of carboxylic acid groups (broad SMARTS) is 1. The molecule has 0 saturated carbocycles. The van der Waals surface area contributed by atoms with Crippen LogP contribution in [0.2, 0.25) is 0 Å². The van der Waals surface area contributed by atoms with Crippen LogP contribution in [0.25, 0.3) is 0 Å². The summed E-state index contributed by atoms with van der Waals surface area (Å²) >= 11 is 0. The van der Waals surface area contributed by atoms with Crippen molar-refractivity contribution >= 4 is 5.97 Å². The molecule has 3 nitrogen and oxygen atoms in total. The molecule has 78 valence electrons. The Balaban J connectivity index is 3.53. The molecule has 0 spiro atoms. The lowest BCUT2D eigenvalue weighted by Crippen LogP contribution is -2.17. The Labute approximate surface area is 80.1 Å². The zero-order chi connectivity index (χ0) is 10.3. The molecule has 0 aromatic carbocycles. The molecule has 1 N–H and O–H groups in total. The van der Waals surface area contributed by atoms with E-state index in [1.165, 1.54) is 0 Å². The maximum Gasteiger partial charge on any atom is 0.305 e. The van der Waals surface area contributed by atoms with Crippen LogP contribution >= 0.6 is 0 Å². The van der Waals surface area contributed by atoms with E-state index in [1.54, 1.807) is 0 Å². The summed E-state index contributed by atoms with van der Waals surface area (Å²) in [5.41, 5.74) is 0. The highest BCUT2D eigenvalue weighted by Gasteiger charge is 2.11. The van der Waals surface area contributed by atoms with E-state index in [-0.39, 0.29) is 12.5 Å². The van der Waals surface area contributed by atoms with Gasteiger partial charge in [0.1, 0.15) is 0 Å². The average molecular weight is 188 g/mol. The van der Waals surface area contributed by atoms with Crippen molar-refractivity contribution in [2.75, 3.05) is 6.61 Å². The minimum absolute atomic E-state index is 0.115. The summed E-state index contributed by atoms with van der Waals surface area (Å²) in [6.45, 7) is 6.87. The van der Waals surface area contributed by atoms with Crippen molar-refractivity contribution in [3.05, 3.63) is 0 Å². The topological polar surface area (TPSA) is 46.5 Å². The normalized spacial score (nSPS) is 13.2. The van der Waals surface area contributed by atoms with Gasteiger partial charge in [0.05, 0.1) is 12.5 Å². The first kappa shape index (κ1) is 12.4. The average Bonchev–Trinajstić information content (AvgIpc) is 2.01. The Kier molecular flexibility index (Phi) is 6.59. The summed E-state index contributed by atoms with van der Waals surface area (Å²) in [7, 11) is 0. The second kappa shape index (κ2) is 6.89. The molecule has 0 radical (unpaired) electrons. The van der Waals surface area contributed by atoms with Crippen LogP contribution in [0, 0.1) is 5.92 Å². The molecule has 1 unspecified atom stereocenters. The summed E-state index contributed by atoms with van der Waals surface area (Å²) < 4.78 is 5.43. The van der Waals surface area contributed by atoms with Crippen molar-refractivity contribution in [1.82, 2.24) is 0 Å². The number of carbonyl (C=O) groups is 1. The fraction of sp³-hybridized carbons (Fsp3) is 0.900. The number of ether oxygens (including phenoxy) is 1. The van der Waals surface area contributed by atoms with Crippen LogP contribution in [0.3, 0.4) is 0 Å². The number of hydrogen-bond acceptors (Lipinski definition) is 2. The van der Waals surface area contributed by atoms with Crippen molar-refractivity contribution in [3.63, 3.8) is 0 Å². The van der Waals surface area contributed by atoms with E-state index >= 15 is 0 Å². The standard InChI is InChI=1S/C10H20O3/c1-4-9(7-10(11)12)13-6-5-8(2)3/h8-9H,4-7H2,1-3H3,(H,11,12). The van der Waals surface area contributed by atoms with Gasteiger partial charge in [-0.1, -0.05) is 20.8 Å². The third kappa shape index (κ3) is 7.78. The van der Waals surface area contributed by atoms with E-state index in [0.717, 1.165) is 12.8 Å². The van der Waals surface area contributed by atoms with Crippen LogP contribution in [0.1, 0.15) is 40.0 Å². The summed E-state index contributed by atoms with van der Waals surface area (Å²) in [5.74, 6) is -0.168. The molecule has 0 saturated heterocycles. The second-order valence-corrected chi connectivity index (χ2v) is 3.68. The Morgan fingerprint density at radius 2 is 2.08 bits per heavy atom. The molecular formula is C10H20O3. The molecule has 0 aliphatic rings. The van der Waals surface area contributed by atoms with Gasteiger partial charge in [-0.2, -0.15) is 0 Å². The molecule has 0 fully saturated rings. The van der Waals surface area contributed by atoms with E-state index < -0.39 is 5.97 Å². The highest BCUT2D eigenvalue weighted by molar-refractivity contribution is 5.67. The van der Waals surface area contributed by atoms with Crippen LogP contribution in [-0.4, -0.2) is 23.8 Å². The van der Waals surface area contributed by atoms with Crippen LogP contribution in [-0.2, 0) is 9.53 Å². The Bertz CT molecular complexity index is 143. The fourth-order valence-electron chi connectivity index (χ4n) is 0.986. The Hall–Kier alpha value is -0.570. The van der Waals surface area contributed by atoms with E-state index in [2.05, 4.69) is 13.8 Å². The van der Waals surface area contributed by atoms with Gasteiger partial charge in [0.25, 0.3) is 0 Å². The van der Waals surface area contributed by atoms with Crippen molar-refractivity contribution in [1.29, 1.82) is 0 Å². The third-order valence-electron chi connectivity index (χ3n) is 1.91. The van der Waals surface area contributed by atoms with E-state index in [0.29, 0.717) is 12.5 Å². The van der Waals surface area contributed by atoms with Gasteiger partial charge >= 0.3 is 5.97 Å². The highest BCUT2D eigenvalue weighted by atomic mass is 16.5. The zero-order valence-corrected chi connectivity index (χ0v) is 8.75. The predicted molar refractivity (Wildman–Crippen MR) is 51.7 cm³/mol. The van der Waals surface area contributed by atoms with Crippen LogP contribution < -0.4 is 0 Å². The Morgan fingerprint density at radius 1 is 1.46 bits per heavy atom. The Morgan fingerprint density at radius 3 is 2.46 bits per heavy atom. The molecule has 3 heteroatoms. The second-order valence-electron chi connectivity index (χ2n) is 3.68. The van der Waals surface area contributed by atoms with Gasteiger partial charge in [-0.25, -0.2) is 0 Å².